The van der Waals surface area contributed by atoms with Crippen LogP contribution < -0.4 is 11.1 Å². The third kappa shape index (κ3) is 2.72. The first-order valence-corrected chi connectivity index (χ1v) is 6.93. The van der Waals surface area contributed by atoms with Gasteiger partial charge in [-0.1, -0.05) is 18.2 Å². The van der Waals surface area contributed by atoms with Gasteiger partial charge in [0.15, 0.2) is 0 Å². The Hall–Kier alpha value is -1.59. The third-order valence-electron chi connectivity index (χ3n) is 2.95. The molecule has 1 aromatic heterocycles. The molecule has 0 radical (unpaired) electrons. The number of hydrogen-bond donors (Lipinski definition) is 2. The van der Waals surface area contributed by atoms with Crippen molar-refractivity contribution >= 4 is 33.0 Å². The Balaban J connectivity index is 2.32. The van der Waals surface area contributed by atoms with Crippen molar-refractivity contribution in [2.24, 2.45) is 0 Å². The van der Waals surface area contributed by atoms with E-state index >= 15 is 0 Å². The zero-order chi connectivity index (χ0) is 14.0. The topological polar surface area (TPSA) is 64.3 Å². The molecule has 1 heterocycles. The standard InChI is InChI=1S/C14H18N2O2S/c1-8-5-4-6-10-11(15)13(19-12(8)10)14(17)16-9(2)7-18-3/h4-6,9H,7,15H2,1-3H3,(H,16,17). The van der Waals surface area contributed by atoms with E-state index in [-0.39, 0.29) is 11.9 Å². The molecule has 0 saturated heterocycles. The molecule has 1 amide bonds. The van der Waals surface area contributed by atoms with Gasteiger partial charge in [-0.15, -0.1) is 11.3 Å². The van der Waals surface area contributed by atoms with Crippen LogP contribution in [-0.4, -0.2) is 25.7 Å². The van der Waals surface area contributed by atoms with Crippen molar-refractivity contribution in [3.05, 3.63) is 28.6 Å². The predicted molar refractivity (Wildman–Crippen MR) is 79.8 cm³/mol. The van der Waals surface area contributed by atoms with Crippen molar-refractivity contribution in [2.75, 3.05) is 19.5 Å². The first-order chi connectivity index (χ1) is 9.04. The van der Waals surface area contributed by atoms with Crippen LogP contribution in [-0.2, 0) is 4.74 Å². The second-order valence-electron chi connectivity index (χ2n) is 4.63. The summed E-state index contributed by atoms with van der Waals surface area (Å²) in [5, 5.41) is 3.84. The molecule has 0 aliphatic carbocycles. The van der Waals surface area contributed by atoms with E-state index in [4.69, 9.17) is 10.5 Å². The number of rotatable bonds is 4. The molecule has 102 valence electrons. The largest absolute Gasteiger partial charge is 0.397 e. The summed E-state index contributed by atoms with van der Waals surface area (Å²) < 4.78 is 6.08. The second-order valence-corrected chi connectivity index (χ2v) is 5.65. The second kappa shape index (κ2) is 5.59. The van der Waals surface area contributed by atoms with Crippen LogP contribution in [0.15, 0.2) is 18.2 Å². The monoisotopic (exact) mass is 278 g/mol. The number of ether oxygens (including phenoxy) is 1. The molecule has 1 aromatic carbocycles. The number of nitrogens with two attached hydrogens (primary N) is 1. The van der Waals surface area contributed by atoms with E-state index in [0.717, 1.165) is 15.6 Å². The summed E-state index contributed by atoms with van der Waals surface area (Å²) in [5.74, 6) is -0.136. The zero-order valence-corrected chi connectivity index (χ0v) is 12.1. The fourth-order valence-corrected chi connectivity index (χ4v) is 3.12. The minimum absolute atomic E-state index is 0.0387. The summed E-state index contributed by atoms with van der Waals surface area (Å²) in [5.41, 5.74) is 7.77. The molecular weight excluding hydrogens is 260 g/mol. The van der Waals surface area contributed by atoms with Crippen LogP contribution in [0.25, 0.3) is 10.1 Å². The lowest BCUT2D eigenvalue weighted by atomic mass is 10.1. The van der Waals surface area contributed by atoms with Crippen molar-refractivity contribution in [1.82, 2.24) is 5.32 Å². The third-order valence-corrected chi connectivity index (χ3v) is 4.31. The Kier molecular flexibility index (Phi) is 4.07. The Bertz CT molecular complexity index is 607. The maximum absolute atomic E-state index is 12.2. The summed E-state index contributed by atoms with van der Waals surface area (Å²) in [7, 11) is 1.61. The lowest BCUT2D eigenvalue weighted by Crippen LogP contribution is -2.35. The van der Waals surface area contributed by atoms with E-state index in [1.54, 1.807) is 7.11 Å². The molecule has 0 spiro atoms. The van der Waals surface area contributed by atoms with E-state index in [9.17, 15) is 4.79 Å². The molecule has 4 nitrogen and oxygen atoms in total. The number of aryl methyl sites for hydroxylation is 1. The van der Waals surface area contributed by atoms with Gasteiger partial charge in [0.05, 0.1) is 12.3 Å². The molecule has 5 heteroatoms. The van der Waals surface area contributed by atoms with Crippen LogP contribution in [0.5, 0.6) is 0 Å². The van der Waals surface area contributed by atoms with Gasteiger partial charge in [-0.3, -0.25) is 4.79 Å². The highest BCUT2D eigenvalue weighted by Gasteiger charge is 2.18. The first kappa shape index (κ1) is 13.8. The minimum Gasteiger partial charge on any atom is -0.397 e. The fraction of sp³-hybridized carbons (Fsp3) is 0.357. The van der Waals surface area contributed by atoms with Crippen LogP contribution in [0.2, 0.25) is 0 Å². The van der Waals surface area contributed by atoms with E-state index in [2.05, 4.69) is 5.32 Å². The number of carbonyl (C=O) groups excluding carboxylic acids is 1. The zero-order valence-electron chi connectivity index (χ0n) is 11.3. The summed E-state index contributed by atoms with van der Waals surface area (Å²) in [4.78, 5) is 12.8. The summed E-state index contributed by atoms with van der Waals surface area (Å²) in [6.45, 7) is 4.40. The number of hydrogen-bond acceptors (Lipinski definition) is 4. The van der Waals surface area contributed by atoms with E-state index < -0.39 is 0 Å². The lowest BCUT2D eigenvalue weighted by molar-refractivity contribution is 0.0910. The highest BCUT2D eigenvalue weighted by atomic mass is 32.1. The Labute approximate surface area is 116 Å². The van der Waals surface area contributed by atoms with Gasteiger partial charge in [0.2, 0.25) is 0 Å². The smallest absolute Gasteiger partial charge is 0.263 e. The Morgan fingerprint density at radius 3 is 2.89 bits per heavy atom. The van der Waals surface area contributed by atoms with Gasteiger partial charge in [-0.2, -0.15) is 0 Å². The van der Waals surface area contributed by atoms with Gasteiger partial charge in [0.25, 0.3) is 5.91 Å². The molecule has 0 aliphatic heterocycles. The SMILES string of the molecule is COCC(C)NC(=O)c1sc2c(C)cccc2c1N. The normalized spacial score (nSPS) is 12.6. The highest BCUT2D eigenvalue weighted by Crippen LogP contribution is 2.35. The molecule has 2 rings (SSSR count). The van der Waals surface area contributed by atoms with Crippen LogP contribution in [0.1, 0.15) is 22.2 Å². The number of anilines is 1. The van der Waals surface area contributed by atoms with Crippen LogP contribution >= 0.6 is 11.3 Å². The maximum atomic E-state index is 12.2. The van der Waals surface area contributed by atoms with Crippen LogP contribution in [0.3, 0.4) is 0 Å². The molecule has 0 aliphatic rings. The molecule has 2 aromatic rings. The van der Waals surface area contributed by atoms with Gasteiger partial charge < -0.3 is 15.8 Å². The summed E-state index contributed by atoms with van der Waals surface area (Å²) >= 11 is 1.44. The minimum atomic E-state index is -0.136. The van der Waals surface area contributed by atoms with Crippen LogP contribution in [0, 0.1) is 6.92 Å². The molecule has 1 atom stereocenters. The first-order valence-electron chi connectivity index (χ1n) is 6.12. The fourth-order valence-electron chi connectivity index (χ4n) is 2.03. The lowest BCUT2D eigenvalue weighted by Gasteiger charge is -2.11. The molecule has 0 bridgehead atoms. The molecule has 3 N–H and O–H groups in total. The van der Waals surface area contributed by atoms with Crippen molar-refractivity contribution in [3.63, 3.8) is 0 Å². The maximum Gasteiger partial charge on any atom is 0.263 e. The van der Waals surface area contributed by atoms with Crippen molar-refractivity contribution < 1.29 is 9.53 Å². The van der Waals surface area contributed by atoms with Crippen molar-refractivity contribution in [2.45, 2.75) is 19.9 Å². The van der Waals surface area contributed by atoms with E-state index in [0.29, 0.717) is 17.2 Å². The average Bonchev–Trinajstić information content (AvgIpc) is 2.69. The molecule has 1 unspecified atom stereocenters. The summed E-state index contributed by atoms with van der Waals surface area (Å²) in [6.07, 6.45) is 0. The number of thiophene rings is 1. The molecular formula is C14H18N2O2S. The number of nitrogens with one attached hydrogen (secondary N) is 1. The number of amides is 1. The number of nitrogen functional groups attached to an aromatic ring is 1. The van der Waals surface area contributed by atoms with Crippen LogP contribution in [0.4, 0.5) is 5.69 Å². The quantitative estimate of drug-likeness (QED) is 0.903. The molecule has 0 fully saturated rings. The van der Waals surface area contributed by atoms with Gasteiger partial charge in [-0.25, -0.2) is 0 Å². The van der Waals surface area contributed by atoms with Crippen molar-refractivity contribution in [1.29, 1.82) is 0 Å². The van der Waals surface area contributed by atoms with Gasteiger partial charge in [-0.05, 0) is 19.4 Å². The number of carbonyl (C=O) groups is 1. The van der Waals surface area contributed by atoms with Gasteiger partial charge in [0, 0.05) is 23.2 Å². The van der Waals surface area contributed by atoms with Gasteiger partial charge >= 0.3 is 0 Å². The Morgan fingerprint density at radius 1 is 1.53 bits per heavy atom. The molecule has 19 heavy (non-hydrogen) atoms. The average molecular weight is 278 g/mol. The predicted octanol–water partition coefficient (Wildman–Crippen LogP) is 2.56. The Morgan fingerprint density at radius 2 is 2.26 bits per heavy atom. The number of fused-ring (bicyclic) bond motifs is 1. The van der Waals surface area contributed by atoms with E-state index in [1.807, 2.05) is 32.0 Å². The van der Waals surface area contributed by atoms with Gasteiger partial charge in [0.1, 0.15) is 4.88 Å². The van der Waals surface area contributed by atoms with Crippen molar-refractivity contribution in [3.8, 4) is 0 Å². The molecule has 0 saturated carbocycles. The highest BCUT2D eigenvalue weighted by molar-refractivity contribution is 7.21. The van der Waals surface area contributed by atoms with E-state index in [1.165, 1.54) is 11.3 Å². The number of methoxy groups -OCH3 is 1. The summed E-state index contributed by atoms with van der Waals surface area (Å²) in [6, 6.07) is 5.88. The number of benzene rings is 1.